The average molecular weight is 397 g/mol. The first kappa shape index (κ1) is 16.9. The van der Waals surface area contributed by atoms with Crippen LogP contribution in [0.15, 0.2) is 47.4 Å². The predicted molar refractivity (Wildman–Crippen MR) is 96.9 cm³/mol. The number of halogens is 2. The quantitative estimate of drug-likeness (QED) is 0.649. The highest BCUT2D eigenvalue weighted by Crippen LogP contribution is 2.39. The Labute approximate surface area is 153 Å². The van der Waals surface area contributed by atoms with E-state index in [1.807, 2.05) is 24.3 Å². The lowest BCUT2D eigenvalue weighted by molar-refractivity contribution is 0.396. The van der Waals surface area contributed by atoms with E-state index in [9.17, 15) is 12.8 Å². The normalized spacial score (nSPS) is 18.9. The monoisotopic (exact) mass is 396 g/mol. The maximum absolute atomic E-state index is 13.4. The maximum atomic E-state index is 13.4. The minimum Gasteiger partial charge on any atom is -0.239 e. The van der Waals surface area contributed by atoms with Crippen molar-refractivity contribution in [3.63, 3.8) is 0 Å². The zero-order valence-corrected chi connectivity index (χ0v) is 15.4. The minimum absolute atomic E-state index is 0.00640. The summed E-state index contributed by atoms with van der Waals surface area (Å²) < 4.78 is 41.9. The van der Waals surface area contributed by atoms with E-state index in [0.717, 1.165) is 27.7 Å². The van der Waals surface area contributed by atoms with Crippen LogP contribution in [0.4, 0.5) is 4.39 Å². The Hall–Kier alpha value is -1.54. The number of hydrogen-bond donors (Lipinski definition) is 0. The molecule has 1 saturated heterocycles. The van der Waals surface area contributed by atoms with Gasteiger partial charge in [-0.2, -0.15) is 4.31 Å². The molecule has 8 heteroatoms. The van der Waals surface area contributed by atoms with Crippen LogP contribution in [0, 0.1) is 5.82 Å². The van der Waals surface area contributed by atoms with Crippen LogP contribution in [-0.4, -0.2) is 24.3 Å². The van der Waals surface area contributed by atoms with Gasteiger partial charge in [0, 0.05) is 6.54 Å². The van der Waals surface area contributed by atoms with E-state index >= 15 is 0 Å². The van der Waals surface area contributed by atoms with Gasteiger partial charge in [0.25, 0.3) is 0 Å². The molecule has 1 atom stereocenters. The van der Waals surface area contributed by atoms with Gasteiger partial charge in [-0.05, 0) is 43.2 Å². The van der Waals surface area contributed by atoms with Gasteiger partial charge in [0.05, 0.1) is 26.2 Å². The van der Waals surface area contributed by atoms with E-state index in [1.54, 1.807) is 0 Å². The molecule has 0 N–H and O–H groups in total. The molecule has 0 amide bonds. The third kappa shape index (κ3) is 2.95. The lowest BCUT2D eigenvalue weighted by atomic mass is 10.2. The molecule has 0 unspecified atom stereocenters. The Morgan fingerprint density at radius 2 is 2.04 bits per heavy atom. The largest absolute Gasteiger partial charge is 0.243 e. The molecule has 0 bridgehead atoms. The van der Waals surface area contributed by atoms with E-state index in [1.165, 1.54) is 27.8 Å². The van der Waals surface area contributed by atoms with Crippen molar-refractivity contribution in [2.24, 2.45) is 0 Å². The molecular formula is C17H14ClFN2O2S2. The molecule has 4 rings (SSSR count). The number of fused-ring (bicyclic) bond motifs is 1. The molecule has 0 spiro atoms. The molecule has 0 aliphatic carbocycles. The minimum atomic E-state index is -3.76. The zero-order valence-electron chi connectivity index (χ0n) is 13.0. The van der Waals surface area contributed by atoms with Crippen molar-refractivity contribution < 1.29 is 12.8 Å². The van der Waals surface area contributed by atoms with E-state index in [0.29, 0.717) is 13.0 Å². The van der Waals surface area contributed by atoms with Gasteiger partial charge in [-0.15, -0.1) is 11.3 Å². The lowest BCUT2D eigenvalue weighted by Gasteiger charge is -2.22. The number of rotatable bonds is 3. The summed E-state index contributed by atoms with van der Waals surface area (Å²) in [4.78, 5) is 4.62. The molecule has 1 aliphatic heterocycles. The second kappa shape index (κ2) is 6.32. The van der Waals surface area contributed by atoms with Gasteiger partial charge in [0.15, 0.2) is 0 Å². The molecule has 0 saturated carbocycles. The number of thiazole rings is 1. The number of nitrogens with zero attached hydrogens (tertiary/aromatic N) is 2. The summed E-state index contributed by atoms with van der Waals surface area (Å²) >= 11 is 7.28. The molecule has 3 aromatic rings. The van der Waals surface area contributed by atoms with E-state index < -0.39 is 15.8 Å². The van der Waals surface area contributed by atoms with Crippen molar-refractivity contribution >= 4 is 43.2 Å². The van der Waals surface area contributed by atoms with Gasteiger partial charge in [-0.3, -0.25) is 0 Å². The number of benzene rings is 2. The Bertz CT molecular complexity index is 1020. The summed E-state index contributed by atoms with van der Waals surface area (Å²) in [7, 11) is -3.76. The van der Waals surface area contributed by atoms with Crippen molar-refractivity contribution in [3.8, 4) is 0 Å². The Morgan fingerprint density at radius 3 is 2.80 bits per heavy atom. The van der Waals surface area contributed by atoms with Crippen LogP contribution in [0.2, 0.25) is 5.02 Å². The van der Waals surface area contributed by atoms with Crippen molar-refractivity contribution in [1.29, 1.82) is 0 Å². The molecule has 2 heterocycles. The summed E-state index contributed by atoms with van der Waals surface area (Å²) in [6.07, 6.45) is 1.47. The lowest BCUT2D eigenvalue weighted by Crippen LogP contribution is -2.30. The van der Waals surface area contributed by atoms with Crippen molar-refractivity contribution in [2.45, 2.75) is 23.8 Å². The first-order valence-electron chi connectivity index (χ1n) is 7.79. The summed E-state index contributed by atoms with van der Waals surface area (Å²) in [6.45, 7) is 0.415. The number of hydrogen-bond acceptors (Lipinski definition) is 4. The number of sulfonamides is 1. The third-order valence-electron chi connectivity index (χ3n) is 4.30. The van der Waals surface area contributed by atoms with Gasteiger partial charge >= 0.3 is 0 Å². The molecule has 130 valence electrons. The van der Waals surface area contributed by atoms with E-state index in [-0.39, 0.29) is 16.0 Å². The Kier molecular flexibility index (Phi) is 4.27. The van der Waals surface area contributed by atoms with Gasteiger partial charge in [0.2, 0.25) is 10.0 Å². The molecule has 4 nitrogen and oxygen atoms in total. The van der Waals surface area contributed by atoms with Crippen molar-refractivity contribution in [2.75, 3.05) is 6.54 Å². The van der Waals surface area contributed by atoms with Crippen LogP contribution in [0.25, 0.3) is 10.2 Å². The SMILES string of the molecule is O=S(=O)(c1ccc(F)c(Cl)c1)N1CCC[C@H]1c1nc2ccccc2s1. The third-order valence-corrected chi connectivity index (χ3v) is 7.63. The molecule has 2 aromatic carbocycles. The van der Waals surface area contributed by atoms with Crippen LogP contribution in [0.1, 0.15) is 23.9 Å². The molecule has 1 aliphatic rings. The average Bonchev–Trinajstić information content (AvgIpc) is 3.23. The topological polar surface area (TPSA) is 50.3 Å². The van der Waals surface area contributed by atoms with Crippen LogP contribution in [-0.2, 0) is 10.0 Å². The Balaban J connectivity index is 1.74. The first-order chi connectivity index (χ1) is 12.0. The highest BCUT2D eigenvalue weighted by molar-refractivity contribution is 7.89. The van der Waals surface area contributed by atoms with Crippen LogP contribution in [0.5, 0.6) is 0 Å². The zero-order chi connectivity index (χ0) is 17.6. The summed E-state index contributed by atoms with van der Waals surface area (Å²) in [5, 5.41) is 0.590. The molecule has 25 heavy (non-hydrogen) atoms. The Morgan fingerprint density at radius 1 is 1.24 bits per heavy atom. The van der Waals surface area contributed by atoms with Gasteiger partial charge < -0.3 is 0 Å². The fourth-order valence-corrected chi connectivity index (χ4v) is 6.19. The van der Waals surface area contributed by atoms with Gasteiger partial charge in [0.1, 0.15) is 10.8 Å². The highest BCUT2D eigenvalue weighted by atomic mass is 35.5. The summed E-state index contributed by atoms with van der Waals surface area (Å²) in [6, 6.07) is 10.9. The first-order valence-corrected chi connectivity index (χ1v) is 10.4. The van der Waals surface area contributed by atoms with Crippen molar-refractivity contribution in [3.05, 3.63) is 58.3 Å². The standard InChI is InChI=1S/C17H14ClFN2O2S2/c18-12-10-11(7-8-13(12)19)25(22,23)21-9-3-5-15(21)17-20-14-4-1-2-6-16(14)24-17/h1-2,4,6-8,10,15H,3,5,9H2/t15-/m0/s1. The number of aromatic nitrogens is 1. The van der Waals surface area contributed by atoms with Crippen molar-refractivity contribution in [1.82, 2.24) is 9.29 Å². The molecule has 1 aromatic heterocycles. The molecule has 1 fully saturated rings. The summed E-state index contributed by atoms with van der Waals surface area (Å²) in [5.74, 6) is -0.634. The van der Waals surface area contributed by atoms with Gasteiger partial charge in [-0.25, -0.2) is 17.8 Å². The molecular weight excluding hydrogens is 383 g/mol. The fourth-order valence-electron chi connectivity index (χ4n) is 3.08. The van der Waals surface area contributed by atoms with Crippen LogP contribution >= 0.6 is 22.9 Å². The number of para-hydroxylation sites is 1. The van der Waals surface area contributed by atoms with E-state index in [2.05, 4.69) is 4.98 Å². The molecule has 0 radical (unpaired) electrons. The van der Waals surface area contributed by atoms with Gasteiger partial charge in [-0.1, -0.05) is 23.7 Å². The smallest absolute Gasteiger partial charge is 0.239 e. The van der Waals surface area contributed by atoms with Crippen LogP contribution in [0.3, 0.4) is 0 Å². The second-order valence-electron chi connectivity index (χ2n) is 5.87. The van der Waals surface area contributed by atoms with Crippen LogP contribution < -0.4 is 0 Å². The second-order valence-corrected chi connectivity index (χ2v) is 9.23. The maximum Gasteiger partial charge on any atom is 0.243 e. The van der Waals surface area contributed by atoms with E-state index in [4.69, 9.17) is 11.6 Å². The summed E-state index contributed by atoms with van der Waals surface area (Å²) in [5.41, 5.74) is 0.872. The predicted octanol–water partition coefficient (Wildman–Crippen LogP) is 4.61. The highest BCUT2D eigenvalue weighted by Gasteiger charge is 2.38. The fraction of sp³-hybridized carbons (Fsp3) is 0.235.